The lowest BCUT2D eigenvalue weighted by Gasteiger charge is -2.38. The third-order valence-electron chi connectivity index (χ3n) is 4.70. The van der Waals surface area contributed by atoms with Gasteiger partial charge in [0.1, 0.15) is 0 Å². The first-order valence-electron chi connectivity index (χ1n) is 7.64. The number of rotatable bonds is 2. The van der Waals surface area contributed by atoms with Crippen molar-refractivity contribution < 1.29 is 8.42 Å². The topological polar surface area (TPSA) is 53.5 Å². The van der Waals surface area contributed by atoms with Crippen molar-refractivity contribution in [3.63, 3.8) is 0 Å². The van der Waals surface area contributed by atoms with Crippen molar-refractivity contribution in [2.75, 3.05) is 42.6 Å². The van der Waals surface area contributed by atoms with Crippen LogP contribution in [0.2, 0.25) is 0 Å². The molecule has 4 heterocycles. The second kappa shape index (κ2) is 5.47. The van der Waals surface area contributed by atoms with E-state index in [0.717, 1.165) is 38.1 Å². The van der Waals surface area contributed by atoms with E-state index in [1.54, 1.807) is 11.3 Å². The van der Waals surface area contributed by atoms with Crippen LogP contribution in [0.1, 0.15) is 6.42 Å². The van der Waals surface area contributed by atoms with Crippen molar-refractivity contribution in [2.45, 2.75) is 12.5 Å². The van der Waals surface area contributed by atoms with Gasteiger partial charge in [0.05, 0.1) is 27.4 Å². The van der Waals surface area contributed by atoms with E-state index in [2.05, 4.69) is 32.3 Å². The van der Waals surface area contributed by atoms with Crippen molar-refractivity contribution in [1.82, 2.24) is 9.88 Å². The van der Waals surface area contributed by atoms with Gasteiger partial charge in [-0.3, -0.25) is 9.88 Å². The SMILES string of the molecule is O=S1(=O)CCC(N2CCN(c3ccnc4ccsc34)CC2)C1. The van der Waals surface area contributed by atoms with Crippen molar-refractivity contribution in [2.24, 2.45) is 0 Å². The van der Waals surface area contributed by atoms with Gasteiger partial charge in [-0.05, 0) is 23.9 Å². The minimum atomic E-state index is -2.79. The quantitative estimate of drug-likeness (QED) is 0.833. The van der Waals surface area contributed by atoms with Crippen molar-refractivity contribution in [3.05, 3.63) is 23.7 Å². The third kappa shape index (κ3) is 2.61. The van der Waals surface area contributed by atoms with Gasteiger partial charge in [-0.1, -0.05) is 0 Å². The standard InChI is InChI=1S/C15H19N3O2S2/c19-22(20)10-3-12(11-22)17-5-7-18(8-6-17)14-1-4-16-13-2-9-21-15(13)14/h1-2,4,9,12H,3,5-8,10-11H2. The van der Waals surface area contributed by atoms with Crippen LogP contribution in [0, 0.1) is 0 Å². The highest BCUT2D eigenvalue weighted by molar-refractivity contribution is 7.91. The zero-order valence-corrected chi connectivity index (χ0v) is 13.9. The lowest BCUT2D eigenvalue weighted by molar-refractivity contribution is 0.200. The molecule has 2 aliphatic heterocycles. The summed E-state index contributed by atoms with van der Waals surface area (Å²) in [5, 5.41) is 2.08. The summed E-state index contributed by atoms with van der Waals surface area (Å²) < 4.78 is 24.5. The Bertz CT molecular complexity index is 779. The van der Waals surface area contributed by atoms with Crippen LogP contribution < -0.4 is 4.90 Å². The Morgan fingerprint density at radius 3 is 2.73 bits per heavy atom. The van der Waals surface area contributed by atoms with Gasteiger partial charge in [0.25, 0.3) is 0 Å². The maximum absolute atomic E-state index is 11.6. The summed E-state index contributed by atoms with van der Waals surface area (Å²) in [6.07, 6.45) is 2.67. The summed E-state index contributed by atoms with van der Waals surface area (Å²) in [6.45, 7) is 3.78. The van der Waals surface area contributed by atoms with E-state index < -0.39 is 9.84 Å². The highest BCUT2D eigenvalue weighted by Gasteiger charge is 2.33. The van der Waals surface area contributed by atoms with Gasteiger partial charge in [-0.2, -0.15) is 0 Å². The molecule has 1 unspecified atom stereocenters. The summed E-state index contributed by atoms with van der Waals surface area (Å²) in [6, 6.07) is 4.38. The second-order valence-corrected chi connectivity index (χ2v) is 9.19. The number of anilines is 1. The normalized spacial score (nSPS) is 25.8. The number of piperazine rings is 1. The van der Waals surface area contributed by atoms with Gasteiger partial charge in [-0.15, -0.1) is 11.3 Å². The molecule has 2 saturated heterocycles. The molecule has 0 aromatic carbocycles. The van der Waals surface area contributed by atoms with Crippen LogP contribution in [0.5, 0.6) is 0 Å². The molecular weight excluding hydrogens is 318 g/mol. The number of pyridine rings is 1. The average Bonchev–Trinajstić information content (AvgIpc) is 3.13. The van der Waals surface area contributed by atoms with Crippen molar-refractivity contribution in [1.29, 1.82) is 0 Å². The molecule has 5 nitrogen and oxygen atoms in total. The highest BCUT2D eigenvalue weighted by Crippen LogP contribution is 2.31. The number of aromatic nitrogens is 1. The minimum Gasteiger partial charge on any atom is -0.368 e. The molecule has 22 heavy (non-hydrogen) atoms. The fourth-order valence-corrected chi connectivity index (χ4v) is 6.15. The lowest BCUT2D eigenvalue weighted by Crippen LogP contribution is -2.50. The van der Waals surface area contributed by atoms with E-state index in [-0.39, 0.29) is 6.04 Å². The lowest BCUT2D eigenvalue weighted by atomic mass is 10.2. The van der Waals surface area contributed by atoms with Crippen LogP contribution in [0.25, 0.3) is 10.2 Å². The molecule has 2 fully saturated rings. The average molecular weight is 337 g/mol. The molecule has 2 aromatic heterocycles. The first-order valence-corrected chi connectivity index (χ1v) is 10.3. The Hall–Kier alpha value is -1.18. The van der Waals surface area contributed by atoms with E-state index in [1.807, 2.05) is 6.20 Å². The second-order valence-electron chi connectivity index (χ2n) is 6.04. The van der Waals surface area contributed by atoms with Gasteiger partial charge in [0, 0.05) is 38.4 Å². The Labute approximate surface area is 134 Å². The number of fused-ring (bicyclic) bond motifs is 1. The molecule has 1 atom stereocenters. The summed E-state index contributed by atoms with van der Waals surface area (Å²) in [7, 11) is -2.79. The Balaban J connectivity index is 1.47. The third-order valence-corrected chi connectivity index (χ3v) is 7.38. The molecule has 0 saturated carbocycles. The van der Waals surface area contributed by atoms with Crippen molar-refractivity contribution in [3.8, 4) is 0 Å². The summed E-state index contributed by atoms with van der Waals surface area (Å²) >= 11 is 1.74. The number of hydrogen-bond donors (Lipinski definition) is 0. The van der Waals surface area contributed by atoms with E-state index in [9.17, 15) is 8.42 Å². The van der Waals surface area contributed by atoms with E-state index in [4.69, 9.17) is 0 Å². The summed E-state index contributed by atoms with van der Waals surface area (Å²) in [5.74, 6) is 0.704. The molecule has 0 bridgehead atoms. The maximum atomic E-state index is 11.6. The smallest absolute Gasteiger partial charge is 0.151 e. The molecule has 7 heteroatoms. The molecular formula is C15H19N3O2S2. The first-order chi connectivity index (χ1) is 10.6. The summed E-state index contributed by atoms with van der Waals surface area (Å²) in [4.78, 5) is 9.16. The molecule has 0 radical (unpaired) electrons. The predicted molar refractivity (Wildman–Crippen MR) is 90.5 cm³/mol. The molecule has 4 rings (SSSR count). The minimum absolute atomic E-state index is 0.228. The monoisotopic (exact) mass is 337 g/mol. The van der Waals surface area contributed by atoms with E-state index in [0.29, 0.717) is 11.5 Å². The predicted octanol–water partition coefficient (Wildman–Crippen LogP) is 1.61. The Morgan fingerprint density at radius 2 is 2.00 bits per heavy atom. The van der Waals surface area contributed by atoms with Gasteiger partial charge >= 0.3 is 0 Å². The molecule has 0 N–H and O–H groups in total. The van der Waals surface area contributed by atoms with Crippen LogP contribution >= 0.6 is 11.3 Å². The molecule has 118 valence electrons. The van der Waals surface area contributed by atoms with E-state index in [1.165, 1.54) is 10.4 Å². The van der Waals surface area contributed by atoms with Gasteiger partial charge < -0.3 is 4.90 Å². The summed E-state index contributed by atoms with van der Waals surface area (Å²) in [5.41, 5.74) is 2.32. The molecule has 2 aromatic rings. The van der Waals surface area contributed by atoms with E-state index >= 15 is 0 Å². The van der Waals surface area contributed by atoms with Crippen LogP contribution in [0.3, 0.4) is 0 Å². The molecule has 0 aliphatic carbocycles. The van der Waals surface area contributed by atoms with Gasteiger partial charge in [-0.25, -0.2) is 8.42 Å². The first kappa shape index (κ1) is 14.4. The number of thiophene rings is 1. The molecule has 0 amide bonds. The van der Waals surface area contributed by atoms with Crippen LogP contribution in [-0.2, 0) is 9.84 Å². The van der Waals surface area contributed by atoms with Crippen LogP contribution in [0.15, 0.2) is 23.7 Å². The van der Waals surface area contributed by atoms with Gasteiger partial charge in [0.15, 0.2) is 9.84 Å². The van der Waals surface area contributed by atoms with Crippen LogP contribution in [0.4, 0.5) is 5.69 Å². The van der Waals surface area contributed by atoms with Crippen LogP contribution in [-0.4, -0.2) is 62.0 Å². The highest BCUT2D eigenvalue weighted by atomic mass is 32.2. The van der Waals surface area contributed by atoms with Crippen molar-refractivity contribution >= 4 is 37.1 Å². The Kier molecular flexibility index (Phi) is 3.58. The zero-order valence-electron chi connectivity index (χ0n) is 12.3. The molecule has 2 aliphatic rings. The fourth-order valence-electron chi connectivity index (χ4n) is 3.50. The fraction of sp³-hybridized carbons (Fsp3) is 0.533. The number of nitrogens with zero attached hydrogens (tertiary/aromatic N) is 3. The number of hydrogen-bond acceptors (Lipinski definition) is 6. The zero-order chi connectivity index (χ0) is 15.2. The largest absolute Gasteiger partial charge is 0.368 e. The Morgan fingerprint density at radius 1 is 1.18 bits per heavy atom. The number of sulfone groups is 1. The van der Waals surface area contributed by atoms with Gasteiger partial charge in [0.2, 0.25) is 0 Å². The maximum Gasteiger partial charge on any atom is 0.151 e. The molecule has 0 spiro atoms.